The Balaban J connectivity index is 2.23. The zero-order valence-electron chi connectivity index (χ0n) is 12.4. The van der Waals surface area contributed by atoms with Gasteiger partial charge in [0.15, 0.2) is 0 Å². The zero-order chi connectivity index (χ0) is 14.5. The molecule has 6 heteroatoms. The highest BCUT2D eigenvalue weighted by Gasteiger charge is 2.49. The molecule has 1 aliphatic rings. The minimum atomic E-state index is -0.353. The highest BCUT2D eigenvalue weighted by Crippen LogP contribution is 2.36. The fraction of sp³-hybridized carbons (Fsp3) is 0.769. The molecule has 0 atom stereocenters. The van der Waals surface area contributed by atoms with E-state index < -0.39 is 0 Å². The predicted molar refractivity (Wildman–Crippen MR) is 72.7 cm³/mol. The Bertz CT molecular complexity index is 322. The summed E-state index contributed by atoms with van der Waals surface area (Å²) in [4.78, 5) is 10.8. The monoisotopic (exact) mass is 270 g/mol. The molecular formula is C13H23BO5. The molecule has 0 unspecified atom stereocenters. The first-order chi connectivity index (χ1) is 8.78. The first kappa shape index (κ1) is 16.2. The van der Waals surface area contributed by atoms with Crippen LogP contribution in [-0.4, -0.2) is 44.6 Å². The maximum atomic E-state index is 10.8. The van der Waals surface area contributed by atoms with Gasteiger partial charge in [0.1, 0.15) is 0 Å². The van der Waals surface area contributed by atoms with E-state index >= 15 is 0 Å². The number of carbonyl (C=O) groups is 1. The quantitative estimate of drug-likeness (QED) is 0.418. The van der Waals surface area contributed by atoms with Crippen molar-refractivity contribution in [2.24, 2.45) is 0 Å². The molecule has 19 heavy (non-hydrogen) atoms. The Labute approximate surface area is 115 Å². The Morgan fingerprint density at radius 1 is 1.21 bits per heavy atom. The van der Waals surface area contributed by atoms with Crippen molar-refractivity contribution in [1.82, 2.24) is 0 Å². The van der Waals surface area contributed by atoms with Gasteiger partial charge in [-0.25, -0.2) is 0 Å². The van der Waals surface area contributed by atoms with E-state index in [-0.39, 0.29) is 30.7 Å². The lowest BCUT2D eigenvalue weighted by Gasteiger charge is -2.32. The van der Waals surface area contributed by atoms with E-state index in [0.29, 0.717) is 13.2 Å². The van der Waals surface area contributed by atoms with Gasteiger partial charge in [0.05, 0.1) is 37.9 Å². The molecular weight excluding hydrogens is 247 g/mol. The van der Waals surface area contributed by atoms with Gasteiger partial charge in [-0.15, -0.1) is 0 Å². The van der Waals surface area contributed by atoms with Crippen molar-refractivity contribution < 1.29 is 23.6 Å². The SMILES string of the molecule is COC(=O)CCOC/C=C/B1OC(C)(C)C(C)(C)O1. The smallest absolute Gasteiger partial charge is 0.469 e. The third kappa shape index (κ3) is 4.64. The van der Waals surface area contributed by atoms with Crippen molar-refractivity contribution in [3.63, 3.8) is 0 Å². The Kier molecular flexibility index (Phi) is 5.58. The summed E-state index contributed by atoms with van der Waals surface area (Å²) in [7, 11) is 1.01. The lowest BCUT2D eigenvalue weighted by Crippen LogP contribution is -2.41. The van der Waals surface area contributed by atoms with Gasteiger partial charge in [0, 0.05) is 0 Å². The first-order valence-corrected chi connectivity index (χ1v) is 6.45. The van der Waals surface area contributed by atoms with E-state index in [2.05, 4.69) is 4.74 Å². The van der Waals surface area contributed by atoms with Crippen LogP contribution in [0.4, 0.5) is 0 Å². The number of hydrogen-bond donors (Lipinski definition) is 0. The molecule has 0 amide bonds. The maximum absolute atomic E-state index is 10.8. The van der Waals surface area contributed by atoms with Gasteiger partial charge < -0.3 is 18.8 Å². The van der Waals surface area contributed by atoms with Crippen molar-refractivity contribution in [3.8, 4) is 0 Å². The normalized spacial score (nSPS) is 21.0. The van der Waals surface area contributed by atoms with Crippen molar-refractivity contribution in [3.05, 3.63) is 12.1 Å². The average Bonchev–Trinajstić information content (AvgIpc) is 2.51. The summed E-state index contributed by atoms with van der Waals surface area (Å²) in [6.45, 7) is 8.80. The summed E-state index contributed by atoms with van der Waals surface area (Å²) < 4.78 is 21.4. The summed E-state index contributed by atoms with van der Waals surface area (Å²) in [6.07, 6.45) is 2.10. The number of esters is 1. The molecule has 0 aromatic rings. The molecule has 1 heterocycles. The maximum Gasteiger partial charge on any atom is 0.486 e. The Morgan fingerprint density at radius 2 is 1.79 bits per heavy atom. The van der Waals surface area contributed by atoms with Crippen LogP contribution in [-0.2, 0) is 23.6 Å². The zero-order valence-corrected chi connectivity index (χ0v) is 12.4. The number of methoxy groups -OCH3 is 1. The minimum Gasteiger partial charge on any atom is -0.469 e. The van der Waals surface area contributed by atoms with Gasteiger partial charge in [-0.1, -0.05) is 12.1 Å². The van der Waals surface area contributed by atoms with Crippen LogP contribution in [0.3, 0.4) is 0 Å². The van der Waals surface area contributed by atoms with Crippen molar-refractivity contribution in [2.45, 2.75) is 45.3 Å². The van der Waals surface area contributed by atoms with E-state index in [9.17, 15) is 4.79 Å². The van der Waals surface area contributed by atoms with Crippen molar-refractivity contribution in [2.75, 3.05) is 20.3 Å². The van der Waals surface area contributed by atoms with Gasteiger partial charge in [-0.05, 0) is 27.7 Å². The first-order valence-electron chi connectivity index (χ1n) is 6.45. The molecule has 1 saturated heterocycles. The fourth-order valence-electron chi connectivity index (χ4n) is 1.54. The second-order valence-electron chi connectivity index (χ2n) is 5.45. The summed E-state index contributed by atoms with van der Waals surface area (Å²) in [6, 6.07) is 0. The molecule has 1 rings (SSSR count). The number of ether oxygens (including phenoxy) is 2. The van der Waals surface area contributed by atoms with Crippen LogP contribution in [0.15, 0.2) is 12.1 Å². The summed E-state index contributed by atoms with van der Waals surface area (Å²) >= 11 is 0. The molecule has 0 radical (unpaired) electrons. The Morgan fingerprint density at radius 3 is 2.32 bits per heavy atom. The predicted octanol–water partition coefficient (Wildman–Crippen LogP) is 1.75. The van der Waals surface area contributed by atoms with E-state index in [1.54, 1.807) is 0 Å². The molecule has 0 N–H and O–H groups in total. The van der Waals surface area contributed by atoms with Gasteiger partial charge in [0.2, 0.25) is 0 Å². The summed E-state index contributed by atoms with van der Waals surface area (Å²) in [5.41, 5.74) is -0.651. The van der Waals surface area contributed by atoms with Gasteiger partial charge >= 0.3 is 13.1 Å². The van der Waals surface area contributed by atoms with E-state index in [0.717, 1.165) is 0 Å². The molecule has 108 valence electrons. The van der Waals surface area contributed by atoms with E-state index in [1.807, 2.05) is 39.7 Å². The molecule has 1 fully saturated rings. The second kappa shape index (κ2) is 6.54. The minimum absolute atomic E-state index is 0.265. The molecule has 0 spiro atoms. The highest BCUT2D eigenvalue weighted by molar-refractivity contribution is 6.51. The van der Waals surface area contributed by atoms with Crippen LogP contribution in [0, 0.1) is 0 Å². The molecule has 0 bridgehead atoms. The largest absolute Gasteiger partial charge is 0.486 e. The van der Waals surface area contributed by atoms with Crippen molar-refractivity contribution in [1.29, 1.82) is 0 Å². The third-order valence-electron chi connectivity index (χ3n) is 3.46. The van der Waals surface area contributed by atoms with Gasteiger partial charge in [0.25, 0.3) is 0 Å². The van der Waals surface area contributed by atoms with Crippen LogP contribution in [0.1, 0.15) is 34.1 Å². The number of carbonyl (C=O) groups excluding carboxylic acids is 1. The molecule has 0 aliphatic carbocycles. The summed E-state index contributed by atoms with van der Waals surface area (Å²) in [5, 5.41) is 0. The van der Waals surface area contributed by atoms with E-state index in [1.165, 1.54) is 7.11 Å². The van der Waals surface area contributed by atoms with Crippen LogP contribution < -0.4 is 0 Å². The average molecular weight is 270 g/mol. The van der Waals surface area contributed by atoms with Crippen LogP contribution in [0.5, 0.6) is 0 Å². The standard InChI is InChI=1S/C13H23BO5/c1-12(2)13(3,4)19-14(18-12)8-6-9-17-10-7-11(15)16-5/h6,8H,7,9-10H2,1-5H3/b8-6+. The third-order valence-corrected chi connectivity index (χ3v) is 3.46. The highest BCUT2D eigenvalue weighted by atomic mass is 16.7. The molecule has 0 saturated carbocycles. The van der Waals surface area contributed by atoms with E-state index in [4.69, 9.17) is 14.0 Å². The van der Waals surface area contributed by atoms with Crippen LogP contribution in [0.25, 0.3) is 0 Å². The molecule has 5 nitrogen and oxygen atoms in total. The molecule has 1 aliphatic heterocycles. The second-order valence-corrected chi connectivity index (χ2v) is 5.45. The summed E-state index contributed by atoms with van der Waals surface area (Å²) in [5.74, 6) is 1.56. The number of hydrogen-bond acceptors (Lipinski definition) is 5. The Hall–Kier alpha value is -0.845. The van der Waals surface area contributed by atoms with Gasteiger partial charge in [-0.2, -0.15) is 0 Å². The molecule has 0 aromatic heterocycles. The fourth-order valence-corrected chi connectivity index (χ4v) is 1.54. The molecule has 0 aromatic carbocycles. The lowest BCUT2D eigenvalue weighted by molar-refractivity contribution is -0.141. The topological polar surface area (TPSA) is 54.0 Å². The lowest BCUT2D eigenvalue weighted by atomic mass is 9.90. The van der Waals surface area contributed by atoms with Crippen molar-refractivity contribution >= 4 is 13.1 Å². The van der Waals surface area contributed by atoms with Crippen LogP contribution >= 0.6 is 0 Å². The van der Waals surface area contributed by atoms with Gasteiger partial charge in [-0.3, -0.25) is 4.79 Å². The van der Waals surface area contributed by atoms with Crippen LogP contribution in [0.2, 0.25) is 0 Å². The number of rotatable bonds is 6.